The molecule has 7 heteroatoms. The van der Waals surface area contributed by atoms with Crippen LogP contribution in [-0.2, 0) is 11.3 Å². The molecule has 0 amide bonds. The van der Waals surface area contributed by atoms with Crippen molar-refractivity contribution in [2.75, 3.05) is 0 Å². The van der Waals surface area contributed by atoms with E-state index in [1.54, 1.807) is 28.8 Å². The van der Waals surface area contributed by atoms with Crippen LogP contribution in [-0.4, -0.2) is 25.6 Å². The van der Waals surface area contributed by atoms with Crippen LogP contribution in [0.2, 0.25) is 5.02 Å². The van der Waals surface area contributed by atoms with Crippen LogP contribution in [0, 0.1) is 6.92 Å². The van der Waals surface area contributed by atoms with Gasteiger partial charge in [0.1, 0.15) is 6.54 Å². The molecular weight excluding hydrogens is 366 g/mol. The second-order valence-electron chi connectivity index (χ2n) is 6.24. The summed E-state index contributed by atoms with van der Waals surface area (Å²) in [5, 5.41) is 10.7. The molecule has 27 heavy (non-hydrogen) atoms. The van der Waals surface area contributed by atoms with E-state index in [9.17, 15) is 14.7 Å². The standard InChI is InChI=1S/C20H14ClN3O3/c1-11-2-3-12-16(8-11)24(10-17(25)26)19-13(20(12)27)4-5-14(21)18(19)15-9-22-6-7-23-15/h2-9H,10H2,1H3,(H,25,26). The number of halogens is 1. The number of rotatable bonds is 3. The largest absolute Gasteiger partial charge is 0.480 e. The lowest BCUT2D eigenvalue weighted by Gasteiger charge is -2.17. The van der Waals surface area contributed by atoms with Crippen LogP contribution in [0.1, 0.15) is 5.56 Å². The Labute approximate surface area is 158 Å². The predicted molar refractivity (Wildman–Crippen MR) is 104 cm³/mol. The topological polar surface area (TPSA) is 85.1 Å². The molecule has 0 fully saturated rings. The second-order valence-corrected chi connectivity index (χ2v) is 6.65. The molecule has 0 radical (unpaired) electrons. The fourth-order valence-electron chi connectivity index (χ4n) is 3.32. The fraction of sp³-hybridized carbons (Fsp3) is 0.100. The highest BCUT2D eigenvalue weighted by Gasteiger charge is 2.19. The van der Waals surface area contributed by atoms with Gasteiger partial charge in [0.05, 0.1) is 27.9 Å². The number of benzene rings is 2. The Morgan fingerprint density at radius 3 is 2.67 bits per heavy atom. The maximum absolute atomic E-state index is 13.1. The molecule has 0 aliphatic carbocycles. The molecule has 0 saturated carbocycles. The first-order chi connectivity index (χ1) is 13.0. The summed E-state index contributed by atoms with van der Waals surface area (Å²) < 4.78 is 1.61. The highest BCUT2D eigenvalue weighted by atomic mass is 35.5. The number of aromatic nitrogens is 3. The minimum atomic E-state index is -1.02. The molecule has 0 atom stereocenters. The van der Waals surface area contributed by atoms with E-state index in [2.05, 4.69) is 9.97 Å². The van der Waals surface area contributed by atoms with E-state index in [1.807, 2.05) is 13.0 Å². The Kier molecular flexibility index (Phi) is 4.12. The van der Waals surface area contributed by atoms with Gasteiger partial charge in [-0.1, -0.05) is 17.7 Å². The molecule has 0 bridgehead atoms. The van der Waals surface area contributed by atoms with E-state index in [-0.39, 0.29) is 12.0 Å². The van der Waals surface area contributed by atoms with Gasteiger partial charge in [-0.05, 0) is 36.8 Å². The van der Waals surface area contributed by atoms with E-state index in [4.69, 9.17) is 11.6 Å². The molecule has 0 aliphatic rings. The first kappa shape index (κ1) is 17.2. The zero-order chi connectivity index (χ0) is 19.1. The van der Waals surface area contributed by atoms with Crippen molar-refractivity contribution in [1.82, 2.24) is 14.5 Å². The number of carboxylic acids is 1. The average molecular weight is 380 g/mol. The van der Waals surface area contributed by atoms with Crippen LogP contribution in [0.25, 0.3) is 33.1 Å². The SMILES string of the molecule is Cc1ccc2c(=O)c3ccc(Cl)c(-c4cnccn4)c3n(CC(=O)O)c2c1. The van der Waals surface area contributed by atoms with Gasteiger partial charge in [-0.2, -0.15) is 0 Å². The third kappa shape index (κ3) is 2.84. The lowest BCUT2D eigenvalue weighted by atomic mass is 10.0. The van der Waals surface area contributed by atoms with E-state index >= 15 is 0 Å². The summed E-state index contributed by atoms with van der Waals surface area (Å²) in [6.45, 7) is 1.57. The van der Waals surface area contributed by atoms with E-state index in [1.165, 1.54) is 18.6 Å². The number of hydrogen-bond donors (Lipinski definition) is 1. The summed E-state index contributed by atoms with van der Waals surface area (Å²) in [5.41, 5.74) is 2.69. The highest BCUT2D eigenvalue weighted by Crippen LogP contribution is 2.34. The summed E-state index contributed by atoms with van der Waals surface area (Å²) in [6.07, 6.45) is 4.59. The zero-order valence-electron chi connectivity index (χ0n) is 14.3. The van der Waals surface area contributed by atoms with E-state index in [0.717, 1.165) is 5.56 Å². The molecule has 2 aromatic carbocycles. The molecule has 0 spiro atoms. The smallest absolute Gasteiger partial charge is 0.323 e. The molecule has 2 heterocycles. The number of pyridine rings is 1. The van der Waals surface area contributed by atoms with Crippen LogP contribution < -0.4 is 5.43 Å². The van der Waals surface area contributed by atoms with Crippen molar-refractivity contribution in [2.45, 2.75) is 13.5 Å². The maximum atomic E-state index is 13.1. The third-order valence-electron chi connectivity index (χ3n) is 4.44. The number of carboxylic acid groups (broad SMARTS) is 1. The van der Waals surface area contributed by atoms with Gasteiger partial charge < -0.3 is 9.67 Å². The van der Waals surface area contributed by atoms with Gasteiger partial charge in [-0.15, -0.1) is 0 Å². The molecule has 1 N–H and O–H groups in total. The normalized spacial score (nSPS) is 11.2. The second kappa shape index (κ2) is 6.48. The molecule has 4 aromatic rings. The van der Waals surface area contributed by atoms with Crippen molar-refractivity contribution in [2.24, 2.45) is 0 Å². The fourth-order valence-corrected chi connectivity index (χ4v) is 3.57. The Morgan fingerprint density at radius 1 is 1.19 bits per heavy atom. The summed E-state index contributed by atoms with van der Waals surface area (Å²) in [5.74, 6) is -1.02. The Morgan fingerprint density at radius 2 is 1.96 bits per heavy atom. The minimum absolute atomic E-state index is 0.177. The van der Waals surface area contributed by atoms with E-state index in [0.29, 0.717) is 38.1 Å². The van der Waals surface area contributed by atoms with Crippen LogP contribution in [0.5, 0.6) is 0 Å². The van der Waals surface area contributed by atoms with Gasteiger partial charge in [0.2, 0.25) is 0 Å². The number of aliphatic carboxylic acids is 1. The summed E-state index contributed by atoms with van der Waals surface area (Å²) in [4.78, 5) is 33.1. The van der Waals surface area contributed by atoms with Crippen molar-refractivity contribution < 1.29 is 9.90 Å². The van der Waals surface area contributed by atoms with Crippen molar-refractivity contribution in [3.05, 3.63) is 69.7 Å². The van der Waals surface area contributed by atoms with Crippen molar-refractivity contribution in [3.8, 4) is 11.3 Å². The number of aryl methyl sites for hydroxylation is 1. The number of carbonyl (C=O) groups is 1. The first-order valence-electron chi connectivity index (χ1n) is 8.21. The quantitative estimate of drug-likeness (QED) is 0.549. The Hall–Kier alpha value is -3.25. The van der Waals surface area contributed by atoms with Crippen LogP contribution in [0.4, 0.5) is 0 Å². The minimum Gasteiger partial charge on any atom is -0.480 e. The van der Waals surface area contributed by atoms with Gasteiger partial charge in [0.25, 0.3) is 0 Å². The van der Waals surface area contributed by atoms with Crippen molar-refractivity contribution in [3.63, 3.8) is 0 Å². The Bertz CT molecular complexity index is 1270. The van der Waals surface area contributed by atoms with Gasteiger partial charge in [0.15, 0.2) is 5.43 Å². The van der Waals surface area contributed by atoms with Gasteiger partial charge in [0, 0.05) is 28.7 Å². The molecule has 0 saturated heterocycles. The molecule has 134 valence electrons. The average Bonchev–Trinajstić information content (AvgIpc) is 2.65. The molecule has 4 rings (SSSR count). The molecular formula is C20H14ClN3O3. The van der Waals surface area contributed by atoms with Crippen LogP contribution in [0.3, 0.4) is 0 Å². The molecule has 2 aromatic heterocycles. The van der Waals surface area contributed by atoms with Crippen molar-refractivity contribution in [1.29, 1.82) is 0 Å². The lowest BCUT2D eigenvalue weighted by Crippen LogP contribution is -2.17. The monoisotopic (exact) mass is 379 g/mol. The maximum Gasteiger partial charge on any atom is 0.323 e. The molecule has 0 unspecified atom stereocenters. The molecule has 6 nitrogen and oxygen atoms in total. The van der Waals surface area contributed by atoms with Gasteiger partial charge in [-0.25, -0.2) is 0 Å². The zero-order valence-corrected chi connectivity index (χ0v) is 15.1. The predicted octanol–water partition coefficient (Wildman–Crippen LogP) is 3.66. The van der Waals surface area contributed by atoms with Gasteiger partial charge in [-0.3, -0.25) is 19.6 Å². The van der Waals surface area contributed by atoms with Gasteiger partial charge >= 0.3 is 5.97 Å². The highest BCUT2D eigenvalue weighted by molar-refractivity contribution is 6.35. The number of fused-ring (bicyclic) bond motifs is 2. The molecule has 0 aliphatic heterocycles. The Balaban J connectivity index is 2.29. The summed E-state index contributed by atoms with van der Waals surface area (Å²) >= 11 is 6.45. The summed E-state index contributed by atoms with van der Waals surface area (Å²) in [7, 11) is 0. The first-order valence-corrected chi connectivity index (χ1v) is 8.58. The third-order valence-corrected chi connectivity index (χ3v) is 4.76. The van der Waals surface area contributed by atoms with Crippen molar-refractivity contribution >= 4 is 39.4 Å². The van der Waals surface area contributed by atoms with Crippen LogP contribution >= 0.6 is 11.6 Å². The van der Waals surface area contributed by atoms with E-state index < -0.39 is 5.97 Å². The summed E-state index contributed by atoms with van der Waals surface area (Å²) in [6, 6.07) is 8.61. The number of hydrogen-bond acceptors (Lipinski definition) is 4. The lowest BCUT2D eigenvalue weighted by molar-refractivity contribution is -0.137. The number of nitrogens with zero attached hydrogens (tertiary/aromatic N) is 3. The van der Waals surface area contributed by atoms with Crippen LogP contribution in [0.15, 0.2) is 53.7 Å².